The van der Waals surface area contributed by atoms with Gasteiger partial charge in [0, 0.05) is 25.3 Å². The van der Waals surface area contributed by atoms with Crippen LogP contribution in [-0.2, 0) is 16.0 Å². The summed E-state index contributed by atoms with van der Waals surface area (Å²) >= 11 is 5.93. The van der Waals surface area contributed by atoms with Gasteiger partial charge in [-0.05, 0) is 36.2 Å². The molecule has 0 unspecified atom stereocenters. The first-order valence-electron chi connectivity index (χ1n) is 8.00. The summed E-state index contributed by atoms with van der Waals surface area (Å²) in [5.41, 5.74) is 1.73. The number of anilines is 1. The van der Waals surface area contributed by atoms with E-state index in [9.17, 15) is 9.59 Å². The number of carbonyl (C=O) groups is 2. The van der Waals surface area contributed by atoms with Crippen molar-refractivity contribution < 1.29 is 14.3 Å². The van der Waals surface area contributed by atoms with Crippen molar-refractivity contribution in [3.05, 3.63) is 64.7 Å². The maximum atomic E-state index is 12.3. The van der Waals surface area contributed by atoms with Gasteiger partial charge in [0.05, 0.1) is 17.7 Å². The second-order valence-corrected chi connectivity index (χ2v) is 5.94. The Bertz CT molecular complexity index is 734. The fourth-order valence-corrected chi connectivity index (χ4v) is 2.54. The number of rotatable bonds is 8. The lowest BCUT2D eigenvalue weighted by molar-refractivity contribution is -0.115. The molecule has 0 aliphatic carbocycles. The first-order valence-corrected chi connectivity index (χ1v) is 8.38. The van der Waals surface area contributed by atoms with Crippen LogP contribution in [0.5, 0.6) is 0 Å². The molecule has 132 valence electrons. The molecular formula is C19H21ClN2O3. The number of para-hydroxylation sites is 1. The van der Waals surface area contributed by atoms with Gasteiger partial charge in [-0.1, -0.05) is 35.9 Å². The summed E-state index contributed by atoms with van der Waals surface area (Å²) in [5, 5.41) is 6.19. The van der Waals surface area contributed by atoms with Crippen LogP contribution in [0.1, 0.15) is 22.3 Å². The lowest BCUT2D eigenvalue weighted by Gasteiger charge is -2.11. The fraction of sp³-hybridized carbons (Fsp3) is 0.263. The molecule has 0 heterocycles. The van der Waals surface area contributed by atoms with E-state index in [2.05, 4.69) is 10.6 Å². The molecule has 6 heteroatoms. The minimum Gasteiger partial charge on any atom is -0.385 e. The van der Waals surface area contributed by atoms with Gasteiger partial charge in [-0.15, -0.1) is 0 Å². The first-order chi connectivity index (χ1) is 12.1. The Morgan fingerprint density at radius 2 is 1.92 bits per heavy atom. The van der Waals surface area contributed by atoms with Crippen molar-refractivity contribution in [3.8, 4) is 0 Å². The Morgan fingerprint density at radius 1 is 1.12 bits per heavy atom. The van der Waals surface area contributed by atoms with Crippen LogP contribution in [0, 0.1) is 0 Å². The van der Waals surface area contributed by atoms with Gasteiger partial charge in [0.25, 0.3) is 5.91 Å². The molecule has 0 fully saturated rings. The van der Waals surface area contributed by atoms with Crippen molar-refractivity contribution in [2.45, 2.75) is 12.8 Å². The largest absolute Gasteiger partial charge is 0.385 e. The highest BCUT2D eigenvalue weighted by molar-refractivity contribution is 6.30. The maximum absolute atomic E-state index is 12.3. The smallest absolute Gasteiger partial charge is 0.253 e. The van der Waals surface area contributed by atoms with Crippen molar-refractivity contribution in [2.75, 3.05) is 25.6 Å². The molecule has 25 heavy (non-hydrogen) atoms. The monoisotopic (exact) mass is 360 g/mol. The topological polar surface area (TPSA) is 67.4 Å². The summed E-state index contributed by atoms with van der Waals surface area (Å²) in [5.74, 6) is -0.434. The lowest BCUT2D eigenvalue weighted by atomic mass is 10.1. The zero-order valence-electron chi connectivity index (χ0n) is 14.0. The van der Waals surface area contributed by atoms with E-state index in [0.717, 1.165) is 12.0 Å². The SMILES string of the molecule is COCCCNC(=O)c1ccccc1NC(=O)Cc1cccc(Cl)c1. The quantitative estimate of drug-likeness (QED) is 0.710. The minimum absolute atomic E-state index is 0.185. The Balaban J connectivity index is 1.99. The molecule has 0 radical (unpaired) electrons. The zero-order chi connectivity index (χ0) is 18.1. The Hall–Kier alpha value is -2.37. The predicted octanol–water partition coefficient (Wildman–Crippen LogP) is 3.29. The summed E-state index contributed by atoms with van der Waals surface area (Å²) in [6.45, 7) is 1.09. The number of methoxy groups -OCH3 is 1. The first kappa shape index (κ1) is 19.0. The van der Waals surface area contributed by atoms with Gasteiger partial charge in [0.2, 0.25) is 5.91 Å². The molecule has 0 spiro atoms. The maximum Gasteiger partial charge on any atom is 0.253 e. The van der Waals surface area contributed by atoms with Crippen LogP contribution in [0.2, 0.25) is 5.02 Å². The van der Waals surface area contributed by atoms with E-state index in [4.69, 9.17) is 16.3 Å². The van der Waals surface area contributed by atoms with Crippen LogP contribution >= 0.6 is 11.6 Å². The van der Waals surface area contributed by atoms with Gasteiger partial charge in [-0.25, -0.2) is 0 Å². The minimum atomic E-state index is -0.227. The summed E-state index contributed by atoms with van der Waals surface area (Å²) in [6, 6.07) is 14.1. The molecule has 0 aromatic heterocycles. The number of benzene rings is 2. The number of nitrogens with one attached hydrogen (secondary N) is 2. The van der Waals surface area contributed by atoms with Crippen LogP contribution in [0.15, 0.2) is 48.5 Å². The summed E-state index contributed by atoms with van der Waals surface area (Å²) < 4.78 is 4.95. The summed E-state index contributed by atoms with van der Waals surface area (Å²) in [6.07, 6.45) is 0.913. The van der Waals surface area contributed by atoms with Crippen molar-refractivity contribution in [3.63, 3.8) is 0 Å². The standard InChI is InChI=1S/C19H21ClN2O3/c1-25-11-5-10-21-19(24)16-8-2-3-9-17(16)22-18(23)13-14-6-4-7-15(20)12-14/h2-4,6-9,12H,5,10-11,13H2,1H3,(H,21,24)(H,22,23). The molecule has 0 saturated heterocycles. The Morgan fingerprint density at radius 3 is 2.68 bits per heavy atom. The van der Waals surface area contributed by atoms with Crippen LogP contribution in [0.3, 0.4) is 0 Å². The molecule has 0 saturated carbocycles. The second kappa shape index (κ2) is 9.81. The van der Waals surface area contributed by atoms with Gasteiger partial charge in [0.15, 0.2) is 0 Å². The number of ether oxygens (including phenoxy) is 1. The van der Waals surface area contributed by atoms with Crippen LogP contribution < -0.4 is 10.6 Å². The number of halogens is 1. The third-order valence-corrected chi connectivity index (χ3v) is 3.75. The van der Waals surface area contributed by atoms with Crippen molar-refractivity contribution in [2.24, 2.45) is 0 Å². The lowest BCUT2D eigenvalue weighted by Crippen LogP contribution is -2.27. The molecule has 2 N–H and O–H groups in total. The normalized spacial score (nSPS) is 10.3. The number of hydrogen-bond acceptors (Lipinski definition) is 3. The second-order valence-electron chi connectivity index (χ2n) is 5.50. The molecule has 2 aromatic rings. The molecule has 2 aromatic carbocycles. The zero-order valence-corrected chi connectivity index (χ0v) is 14.8. The van der Waals surface area contributed by atoms with E-state index in [1.165, 1.54) is 0 Å². The van der Waals surface area contributed by atoms with Gasteiger partial charge in [-0.2, -0.15) is 0 Å². The number of amides is 2. The highest BCUT2D eigenvalue weighted by Gasteiger charge is 2.13. The van der Waals surface area contributed by atoms with Gasteiger partial charge in [-0.3, -0.25) is 9.59 Å². The molecule has 0 atom stereocenters. The van der Waals surface area contributed by atoms with Gasteiger partial charge in [0.1, 0.15) is 0 Å². The molecule has 5 nitrogen and oxygen atoms in total. The summed E-state index contributed by atoms with van der Waals surface area (Å²) in [7, 11) is 1.62. The third kappa shape index (κ3) is 6.21. The summed E-state index contributed by atoms with van der Waals surface area (Å²) in [4.78, 5) is 24.6. The fourth-order valence-electron chi connectivity index (χ4n) is 2.33. The van der Waals surface area contributed by atoms with Crippen LogP contribution in [0.4, 0.5) is 5.69 Å². The van der Waals surface area contributed by atoms with E-state index in [1.807, 2.05) is 6.07 Å². The molecule has 0 aliphatic rings. The molecule has 0 bridgehead atoms. The van der Waals surface area contributed by atoms with Crippen LogP contribution in [0.25, 0.3) is 0 Å². The van der Waals surface area contributed by atoms with E-state index < -0.39 is 0 Å². The molecule has 2 amide bonds. The van der Waals surface area contributed by atoms with Crippen LogP contribution in [-0.4, -0.2) is 32.1 Å². The van der Waals surface area contributed by atoms with Crippen molar-refractivity contribution in [1.29, 1.82) is 0 Å². The predicted molar refractivity (Wildman–Crippen MR) is 99.1 cm³/mol. The van der Waals surface area contributed by atoms with Crippen molar-refractivity contribution in [1.82, 2.24) is 5.32 Å². The average Bonchev–Trinajstić information content (AvgIpc) is 2.59. The molecule has 2 rings (SSSR count). The van der Waals surface area contributed by atoms with E-state index in [1.54, 1.807) is 49.6 Å². The van der Waals surface area contributed by atoms with E-state index in [-0.39, 0.29) is 18.2 Å². The number of carbonyl (C=O) groups excluding carboxylic acids is 2. The van der Waals surface area contributed by atoms with E-state index in [0.29, 0.717) is 29.4 Å². The third-order valence-electron chi connectivity index (χ3n) is 3.51. The Kier molecular flexibility index (Phi) is 7.44. The average molecular weight is 361 g/mol. The highest BCUT2D eigenvalue weighted by atomic mass is 35.5. The molecular weight excluding hydrogens is 340 g/mol. The van der Waals surface area contributed by atoms with Gasteiger partial charge >= 0.3 is 0 Å². The number of hydrogen-bond donors (Lipinski definition) is 2. The van der Waals surface area contributed by atoms with E-state index >= 15 is 0 Å². The Labute approximate surface area is 152 Å². The van der Waals surface area contributed by atoms with Crippen molar-refractivity contribution >= 4 is 29.1 Å². The highest BCUT2D eigenvalue weighted by Crippen LogP contribution is 2.16. The van der Waals surface area contributed by atoms with Gasteiger partial charge < -0.3 is 15.4 Å². The molecule has 0 aliphatic heterocycles.